The summed E-state index contributed by atoms with van der Waals surface area (Å²) in [6.07, 6.45) is 5.18. The fraction of sp³-hybridized carbons (Fsp3) is 0.571. The van der Waals surface area contributed by atoms with E-state index in [9.17, 15) is 14.0 Å². The van der Waals surface area contributed by atoms with E-state index in [0.717, 1.165) is 50.8 Å². The van der Waals surface area contributed by atoms with Gasteiger partial charge in [0.1, 0.15) is 17.7 Å². The summed E-state index contributed by atoms with van der Waals surface area (Å²) in [6, 6.07) is 6.44. The van der Waals surface area contributed by atoms with Crippen LogP contribution in [-0.4, -0.2) is 45.2 Å². The molecule has 0 saturated carbocycles. The number of hydrogen-bond donors (Lipinski definition) is 2. The van der Waals surface area contributed by atoms with Crippen molar-refractivity contribution >= 4 is 5.91 Å². The van der Waals surface area contributed by atoms with E-state index in [2.05, 4.69) is 20.4 Å². The van der Waals surface area contributed by atoms with Crippen molar-refractivity contribution < 1.29 is 9.18 Å². The van der Waals surface area contributed by atoms with Crippen LogP contribution in [-0.2, 0) is 17.8 Å². The van der Waals surface area contributed by atoms with Gasteiger partial charge in [-0.15, -0.1) is 0 Å². The smallest absolute Gasteiger partial charge is 0.344 e. The van der Waals surface area contributed by atoms with Gasteiger partial charge in [0.2, 0.25) is 5.91 Å². The van der Waals surface area contributed by atoms with Crippen LogP contribution >= 0.6 is 0 Å². The molecule has 2 aromatic rings. The Bertz CT molecular complexity index is 900. The van der Waals surface area contributed by atoms with Crippen LogP contribution in [0.1, 0.15) is 49.5 Å². The van der Waals surface area contributed by atoms with Crippen molar-refractivity contribution in [2.24, 2.45) is 5.92 Å². The third-order valence-corrected chi connectivity index (χ3v) is 6.14. The fourth-order valence-corrected chi connectivity index (χ4v) is 4.41. The van der Waals surface area contributed by atoms with Crippen LogP contribution in [0.5, 0.6) is 0 Å². The number of benzene rings is 1. The number of H-pyrrole nitrogens is 1. The Hall–Kier alpha value is -2.48. The maximum atomic E-state index is 13.8. The zero-order chi connectivity index (χ0) is 20.2. The molecule has 8 heteroatoms. The molecule has 4 rings (SSSR count). The van der Waals surface area contributed by atoms with E-state index in [1.807, 2.05) is 12.1 Å². The molecule has 1 atom stereocenters. The van der Waals surface area contributed by atoms with Crippen LogP contribution in [0.3, 0.4) is 0 Å². The largest absolute Gasteiger partial charge is 0.354 e. The highest BCUT2D eigenvalue weighted by Crippen LogP contribution is 2.22. The van der Waals surface area contributed by atoms with E-state index >= 15 is 0 Å². The highest BCUT2D eigenvalue weighted by atomic mass is 19.1. The molecule has 7 nitrogen and oxygen atoms in total. The number of carbonyl (C=O) groups is 1. The third-order valence-electron chi connectivity index (χ3n) is 6.14. The van der Waals surface area contributed by atoms with Gasteiger partial charge in [-0.3, -0.25) is 14.3 Å². The molecule has 2 aliphatic rings. The van der Waals surface area contributed by atoms with Gasteiger partial charge in [0.05, 0.1) is 0 Å². The molecule has 2 N–H and O–H groups in total. The first-order chi connectivity index (χ1) is 14.1. The summed E-state index contributed by atoms with van der Waals surface area (Å²) in [6.45, 7) is 3.03. The zero-order valence-corrected chi connectivity index (χ0v) is 16.6. The molecule has 156 valence electrons. The van der Waals surface area contributed by atoms with E-state index in [-0.39, 0.29) is 17.4 Å². The lowest BCUT2D eigenvalue weighted by molar-refractivity contribution is -0.124. The average Bonchev–Trinajstić information content (AvgIpc) is 2.96. The van der Waals surface area contributed by atoms with Gasteiger partial charge in [-0.2, -0.15) is 5.10 Å². The lowest BCUT2D eigenvalue weighted by Gasteiger charge is -2.32. The number of amides is 1. The number of aryl methyl sites for hydroxylation is 1. The van der Waals surface area contributed by atoms with Crippen LogP contribution < -0.4 is 11.0 Å². The van der Waals surface area contributed by atoms with E-state index in [4.69, 9.17) is 0 Å². The van der Waals surface area contributed by atoms with Crippen LogP contribution in [0.2, 0.25) is 0 Å². The minimum Gasteiger partial charge on any atom is -0.354 e. The Morgan fingerprint density at radius 3 is 2.79 bits per heavy atom. The number of nitrogens with zero attached hydrogens (tertiary/aromatic N) is 3. The number of fused-ring (bicyclic) bond motifs is 1. The lowest BCUT2D eigenvalue weighted by atomic mass is 9.96. The summed E-state index contributed by atoms with van der Waals surface area (Å²) in [4.78, 5) is 27.1. The number of carbonyl (C=O) groups excluding carboxylic acids is 1. The van der Waals surface area contributed by atoms with Crippen LogP contribution in [0.25, 0.3) is 0 Å². The number of halogens is 1. The molecular weight excluding hydrogens is 373 g/mol. The van der Waals surface area contributed by atoms with Crippen molar-refractivity contribution in [3.63, 3.8) is 0 Å². The number of hydrogen-bond acceptors (Lipinski definition) is 4. The Labute approximate surface area is 169 Å². The SMILES string of the molecule is O=C(NCC1CCN(Cc2ccccc2F)CC1)C1CCCCc2n[nH]c(=O)n21. The monoisotopic (exact) mass is 401 g/mol. The molecule has 1 amide bonds. The summed E-state index contributed by atoms with van der Waals surface area (Å²) in [5.41, 5.74) is 0.428. The fourth-order valence-electron chi connectivity index (χ4n) is 4.41. The Balaban J connectivity index is 1.27. The third kappa shape index (κ3) is 4.58. The van der Waals surface area contributed by atoms with E-state index in [1.165, 1.54) is 10.6 Å². The van der Waals surface area contributed by atoms with Gasteiger partial charge in [-0.25, -0.2) is 14.3 Å². The standard InChI is InChI=1S/C21H28FN5O2/c22-17-6-2-1-5-16(17)14-26-11-9-15(10-12-26)13-23-20(28)18-7-3-4-8-19-24-25-21(29)27(18)19/h1-2,5-6,15,18H,3-4,7-14H2,(H,23,28)(H,25,29). The summed E-state index contributed by atoms with van der Waals surface area (Å²) < 4.78 is 15.4. The first-order valence-electron chi connectivity index (χ1n) is 10.5. The molecule has 29 heavy (non-hydrogen) atoms. The number of aromatic amines is 1. The lowest BCUT2D eigenvalue weighted by Crippen LogP contribution is -2.41. The maximum Gasteiger partial charge on any atom is 0.344 e. The minimum absolute atomic E-state index is 0.0922. The summed E-state index contributed by atoms with van der Waals surface area (Å²) in [7, 11) is 0. The molecule has 1 unspecified atom stereocenters. The molecule has 1 aromatic heterocycles. The van der Waals surface area contributed by atoms with E-state index in [1.54, 1.807) is 6.07 Å². The van der Waals surface area contributed by atoms with Gasteiger partial charge in [0, 0.05) is 25.1 Å². The predicted octanol–water partition coefficient (Wildman–Crippen LogP) is 2.01. The van der Waals surface area contributed by atoms with Gasteiger partial charge in [-0.05, 0) is 50.8 Å². The number of nitrogens with one attached hydrogen (secondary N) is 2. The molecule has 1 fully saturated rings. The number of rotatable bonds is 5. The molecule has 1 aromatic carbocycles. The minimum atomic E-state index is -0.472. The highest BCUT2D eigenvalue weighted by molar-refractivity contribution is 5.80. The van der Waals surface area contributed by atoms with E-state index in [0.29, 0.717) is 31.3 Å². The number of likely N-dealkylation sites (tertiary alicyclic amines) is 1. The molecule has 0 spiro atoms. The molecule has 1 saturated heterocycles. The highest BCUT2D eigenvalue weighted by Gasteiger charge is 2.28. The summed E-state index contributed by atoms with van der Waals surface area (Å²) >= 11 is 0. The van der Waals surface area contributed by atoms with Crippen LogP contribution in [0.4, 0.5) is 4.39 Å². The second kappa shape index (κ2) is 8.90. The summed E-state index contributed by atoms with van der Waals surface area (Å²) in [5, 5.41) is 9.59. The normalized spacial score (nSPS) is 20.8. The second-order valence-corrected chi connectivity index (χ2v) is 8.13. The molecule has 3 heterocycles. The van der Waals surface area contributed by atoms with Crippen LogP contribution in [0, 0.1) is 11.7 Å². The maximum absolute atomic E-state index is 13.8. The first kappa shape index (κ1) is 19.8. The van der Waals surface area contributed by atoms with E-state index < -0.39 is 6.04 Å². The topological polar surface area (TPSA) is 83.0 Å². The van der Waals surface area contributed by atoms with Gasteiger partial charge in [0.15, 0.2) is 0 Å². The van der Waals surface area contributed by atoms with Crippen molar-refractivity contribution in [3.8, 4) is 0 Å². The summed E-state index contributed by atoms with van der Waals surface area (Å²) in [5.74, 6) is 0.834. The molecule has 0 aliphatic carbocycles. The van der Waals surface area contributed by atoms with Crippen molar-refractivity contribution in [1.29, 1.82) is 0 Å². The van der Waals surface area contributed by atoms with Gasteiger partial charge < -0.3 is 5.32 Å². The number of piperidine rings is 1. The second-order valence-electron chi connectivity index (χ2n) is 8.13. The van der Waals surface area contributed by atoms with Crippen LogP contribution in [0.15, 0.2) is 29.1 Å². The molecule has 2 aliphatic heterocycles. The van der Waals surface area contributed by atoms with Crippen molar-refractivity contribution in [2.75, 3.05) is 19.6 Å². The van der Waals surface area contributed by atoms with Gasteiger partial charge >= 0.3 is 5.69 Å². The van der Waals surface area contributed by atoms with Crippen molar-refractivity contribution in [1.82, 2.24) is 25.0 Å². The molecule has 0 radical (unpaired) electrons. The average molecular weight is 401 g/mol. The van der Waals surface area contributed by atoms with Crippen molar-refractivity contribution in [3.05, 3.63) is 52.0 Å². The molecule has 0 bridgehead atoms. The molecular formula is C21H28FN5O2. The Morgan fingerprint density at radius 2 is 2.00 bits per heavy atom. The van der Waals surface area contributed by atoms with Crippen molar-refractivity contribution in [2.45, 2.75) is 51.1 Å². The Kier molecular flexibility index (Phi) is 6.08. The van der Waals surface area contributed by atoms with Gasteiger partial charge in [-0.1, -0.05) is 24.6 Å². The first-order valence-corrected chi connectivity index (χ1v) is 10.5. The number of aromatic nitrogens is 3. The van der Waals surface area contributed by atoms with Gasteiger partial charge in [0.25, 0.3) is 0 Å². The zero-order valence-electron chi connectivity index (χ0n) is 16.6. The quantitative estimate of drug-likeness (QED) is 0.803. The Morgan fingerprint density at radius 1 is 1.21 bits per heavy atom. The predicted molar refractivity (Wildman–Crippen MR) is 107 cm³/mol.